The normalized spacial score (nSPS) is 17.9. The fourth-order valence-electron chi connectivity index (χ4n) is 3.53. The molecule has 152 valence electrons. The smallest absolute Gasteiger partial charge is 0.231 e. The number of fused-ring (bicyclic) bond motifs is 1. The van der Waals surface area contributed by atoms with E-state index in [2.05, 4.69) is 4.90 Å². The number of benzene rings is 2. The Labute approximate surface area is 169 Å². The molecule has 4 rings (SSSR count). The number of carbonyl (C=O) groups excluding carboxylic acids is 1. The summed E-state index contributed by atoms with van der Waals surface area (Å²) in [6, 6.07) is 8.47. The van der Waals surface area contributed by atoms with E-state index in [1.165, 1.54) is 0 Å². The summed E-state index contributed by atoms with van der Waals surface area (Å²) in [5.74, 6) is 1.72. The number of hydrogen-bond donors (Lipinski definition) is 1. The standard InChI is InChI=1S/C22H23NO6/c1-26-15-3-6-19(27-2)14(11-15)12-20-21(25)16-4-5-18(24)17(22(16)29-20)13-23-7-9-28-10-8-23/h3-6,11-12,24H,7-10,13H2,1-2H3/b20-12-. The molecule has 0 unspecified atom stereocenters. The molecule has 0 bridgehead atoms. The van der Waals surface area contributed by atoms with Gasteiger partial charge in [0, 0.05) is 25.2 Å². The molecule has 0 aliphatic carbocycles. The molecule has 2 aromatic carbocycles. The Balaban J connectivity index is 1.68. The number of morpholine rings is 1. The van der Waals surface area contributed by atoms with Gasteiger partial charge in [0.25, 0.3) is 0 Å². The third-order valence-electron chi connectivity index (χ3n) is 5.13. The molecule has 29 heavy (non-hydrogen) atoms. The highest BCUT2D eigenvalue weighted by Gasteiger charge is 2.32. The van der Waals surface area contributed by atoms with Crippen molar-refractivity contribution in [3.05, 3.63) is 52.8 Å². The molecule has 1 saturated heterocycles. The second-order valence-corrected chi connectivity index (χ2v) is 6.88. The van der Waals surface area contributed by atoms with Crippen molar-refractivity contribution >= 4 is 11.9 Å². The number of ketones is 1. The molecule has 0 saturated carbocycles. The zero-order valence-corrected chi connectivity index (χ0v) is 16.4. The molecule has 0 radical (unpaired) electrons. The highest BCUT2D eigenvalue weighted by atomic mass is 16.5. The van der Waals surface area contributed by atoms with Crippen LogP contribution in [0.3, 0.4) is 0 Å². The molecule has 7 nitrogen and oxygen atoms in total. The highest BCUT2D eigenvalue weighted by Crippen LogP contribution is 2.40. The SMILES string of the molecule is COc1ccc(OC)c(/C=C2\Oc3c(ccc(O)c3CN3CCOCC3)C2=O)c1. The van der Waals surface area contributed by atoms with Crippen molar-refractivity contribution in [2.24, 2.45) is 0 Å². The second-order valence-electron chi connectivity index (χ2n) is 6.88. The van der Waals surface area contributed by atoms with Gasteiger partial charge in [0.1, 0.15) is 23.0 Å². The van der Waals surface area contributed by atoms with Crippen LogP contribution in [0.4, 0.5) is 0 Å². The first-order chi connectivity index (χ1) is 14.1. The van der Waals surface area contributed by atoms with Crippen LogP contribution in [0.2, 0.25) is 0 Å². The molecule has 0 amide bonds. The van der Waals surface area contributed by atoms with Crippen molar-refractivity contribution in [3.63, 3.8) is 0 Å². The lowest BCUT2D eigenvalue weighted by atomic mass is 10.0. The third kappa shape index (κ3) is 3.79. The summed E-state index contributed by atoms with van der Waals surface area (Å²) in [6.07, 6.45) is 1.64. The number of methoxy groups -OCH3 is 2. The fourth-order valence-corrected chi connectivity index (χ4v) is 3.53. The number of phenols is 1. The topological polar surface area (TPSA) is 77.5 Å². The minimum atomic E-state index is -0.229. The molecule has 0 aromatic heterocycles. The van der Waals surface area contributed by atoms with Crippen molar-refractivity contribution in [1.82, 2.24) is 4.90 Å². The van der Waals surface area contributed by atoms with Crippen LogP contribution in [0, 0.1) is 0 Å². The van der Waals surface area contributed by atoms with E-state index in [0.717, 1.165) is 13.1 Å². The Kier molecular flexibility index (Phi) is 5.42. The van der Waals surface area contributed by atoms with E-state index in [0.29, 0.717) is 53.7 Å². The zero-order chi connectivity index (χ0) is 20.4. The average molecular weight is 397 g/mol. The van der Waals surface area contributed by atoms with Gasteiger partial charge in [-0.1, -0.05) is 0 Å². The van der Waals surface area contributed by atoms with Gasteiger partial charge < -0.3 is 24.1 Å². The summed E-state index contributed by atoms with van der Waals surface area (Å²) >= 11 is 0. The number of rotatable bonds is 5. The molecule has 1 fully saturated rings. The number of allylic oxidation sites excluding steroid dienone is 1. The van der Waals surface area contributed by atoms with Crippen molar-refractivity contribution in [3.8, 4) is 23.0 Å². The number of Topliss-reactive ketones (excluding diaryl/α,β-unsaturated/α-hetero) is 1. The summed E-state index contributed by atoms with van der Waals surface area (Å²) in [5.41, 5.74) is 1.72. The minimum Gasteiger partial charge on any atom is -0.507 e. The van der Waals surface area contributed by atoms with Crippen molar-refractivity contribution < 1.29 is 28.8 Å². The largest absolute Gasteiger partial charge is 0.507 e. The zero-order valence-electron chi connectivity index (χ0n) is 16.4. The van der Waals surface area contributed by atoms with E-state index in [1.807, 2.05) is 0 Å². The van der Waals surface area contributed by atoms with Crippen LogP contribution in [-0.2, 0) is 11.3 Å². The maximum atomic E-state index is 12.9. The quantitative estimate of drug-likeness (QED) is 0.778. The van der Waals surface area contributed by atoms with Gasteiger partial charge in [-0.3, -0.25) is 9.69 Å². The fraction of sp³-hybridized carbons (Fsp3) is 0.318. The van der Waals surface area contributed by atoms with Crippen molar-refractivity contribution in [2.45, 2.75) is 6.54 Å². The van der Waals surface area contributed by atoms with E-state index >= 15 is 0 Å². The van der Waals surface area contributed by atoms with Crippen LogP contribution < -0.4 is 14.2 Å². The van der Waals surface area contributed by atoms with Crippen LogP contribution in [0.25, 0.3) is 6.08 Å². The van der Waals surface area contributed by atoms with Gasteiger partial charge in [-0.2, -0.15) is 0 Å². The first kappa shape index (κ1) is 19.3. The number of hydrogen-bond acceptors (Lipinski definition) is 7. The number of aromatic hydroxyl groups is 1. The van der Waals surface area contributed by atoms with Gasteiger partial charge in [-0.15, -0.1) is 0 Å². The predicted octanol–water partition coefficient (Wildman–Crippen LogP) is 2.86. The van der Waals surface area contributed by atoms with Crippen LogP contribution in [0.5, 0.6) is 23.0 Å². The Morgan fingerprint density at radius 1 is 1.14 bits per heavy atom. The summed E-state index contributed by atoms with van der Waals surface area (Å²) in [7, 11) is 3.14. The Hall–Kier alpha value is -3.03. The average Bonchev–Trinajstić information content (AvgIpc) is 3.06. The molecule has 7 heteroatoms. The van der Waals surface area contributed by atoms with Crippen LogP contribution in [0.1, 0.15) is 21.5 Å². The van der Waals surface area contributed by atoms with Crippen LogP contribution >= 0.6 is 0 Å². The molecule has 2 aliphatic rings. The lowest BCUT2D eigenvalue weighted by molar-refractivity contribution is 0.0336. The molecule has 1 N–H and O–H groups in total. The molecule has 2 heterocycles. The maximum Gasteiger partial charge on any atom is 0.231 e. The van der Waals surface area contributed by atoms with E-state index in [9.17, 15) is 9.90 Å². The Morgan fingerprint density at radius 2 is 1.93 bits per heavy atom. The lowest BCUT2D eigenvalue weighted by Gasteiger charge is -2.27. The molecule has 2 aromatic rings. The van der Waals surface area contributed by atoms with Gasteiger partial charge in [0.15, 0.2) is 5.76 Å². The van der Waals surface area contributed by atoms with Gasteiger partial charge in [-0.25, -0.2) is 0 Å². The summed E-state index contributed by atoms with van der Waals surface area (Å²) in [6.45, 7) is 3.32. The first-order valence-corrected chi connectivity index (χ1v) is 9.42. The van der Waals surface area contributed by atoms with E-state index in [4.69, 9.17) is 18.9 Å². The molecule has 0 spiro atoms. The molecule has 0 atom stereocenters. The van der Waals surface area contributed by atoms with Crippen molar-refractivity contribution in [2.75, 3.05) is 40.5 Å². The van der Waals surface area contributed by atoms with Gasteiger partial charge in [-0.05, 0) is 36.4 Å². The highest BCUT2D eigenvalue weighted by molar-refractivity contribution is 6.15. The summed E-state index contributed by atoms with van der Waals surface area (Å²) in [5, 5.41) is 10.4. The number of carbonyl (C=O) groups is 1. The second kappa shape index (κ2) is 8.14. The number of nitrogens with zero attached hydrogens (tertiary/aromatic N) is 1. The van der Waals surface area contributed by atoms with E-state index in [-0.39, 0.29) is 17.3 Å². The number of ether oxygens (including phenoxy) is 4. The third-order valence-corrected chi connectivity index (χ3v) is 5.13. The number of phenolic OH excluding ortho intramolecular Hbond substituents is 1. The summed E-state index contributed by atoms with van der Waals surface area (Å²) in [4.78, 5) is 15.1. The molecular weight excluding hydrogens is 374 g/mol. The monoisotopic (exact) mass is 397 g/mol. The van der Waals surface area contributed by atoms with Crippen LogP contribution in [0.15, 0.2) is 36.1 Å². The molecule has 2 aliphatic heterocycles. The predicted molar refractivity (Wildman–Crippen MR) is 107 cm³/mol. The van der Waals surface area contributed by atoms with E-state index < -0.39 is 0 Å². The van der Waals surface area contributed by atoms with Gasteiger partial charge >= 0.3 is 0 Å². The van der Waals surface area contributed by atoms with Gasteiger partial charge in [0.05, 0.1) is 38.6 Å². The van der Waals surface area contributed by atoms with Crippen molar-refractivity contribution in [1.29, 1.82) is 0 Å². The first-order valence-electron chi connectivity index (χ1n) is 9.42. The lowest BCUT2D eigenvalue weighted by Crippen LogP contribution is -2.35. The van der Waals surface area contributed by atoms with E-state index in [1.54, 1.807) is 50.6 Å². The van der Waals surface area contributed by atoms with Crippen LogP contribution in [-0.4, -0.2) is 56.3 Å². The minimum absolute atomic E-state index is 0.114. The maximum absolute atomic E-state index is 12.9. The summed E-state index contributed by atoms with van der Waals surface area (Å²) < 4.78 is 22.0. The molecular formula is C22H23NO6. The Morgan fingerprint density at radius 3 is 2.66 bits per heavy atom. The van der Waals surface area contributed by atoms with Gasteiger partial charge in [0.2, 0.25) is 5.78 Å². The Bertz CT molecular complexity index is 962.